The third-order valence-electron chi connectivity index (χ3n) is 6.06. The fraction of sp³-hybridized carbons (Fsp3) is 0.680. The maximum Gasteiger partial charge on any atom is 0.227 e. The molecule has 168 valence electrons. The topological polar surface area (TPSA) is 42.2 Å². The number of rotatable bonds is 14. The molecule has 3 rings (SSSR count). The van der Waals surface area contributed by atoms with Crippen LogP contribution in [-0.4, -0.2) is 34.7 Å². The van der Waals surface area contributed by atoms with E-state index in [1.807, 2.05) is 0 Å². The molecule has 1 aliphatic rings. The summed E-state index contributed by atoms with van der Waals surface area (Å²) in [6.45, 7) is 5.92. The summed E-state index contributed by atoms with van der Waals surface area (Å²) in [7, 11) is 0. The molecular weight excluding hydrogens is 394 g/mol. The second-order valence-electron chi connectivity index (χ2n) is 8.59. The molecular formula is C25H40ClN3O. The number of halogens is 1. The Balaban J connectivity index is 0.00000320. The molecule has 1 aromatic carbocycles. The Morgan fingerprint density at radius 3 is 2.20 bits per heavy atom. The smallest absolute Gasteiger partial charge is 0.227 e. The molecule has 1 saturated heterocycles. The molecule has 4 nitrogen and oxygen atoms in total. The molecule has 0 bridgehead atoms. The number of aryl methyl sites for hydroxylation is 2. The van der Waals surface area contributed by atoms with E-state index in [0.717, 1.165) is 36.7 Å². The van der Waals surface area contributed by atoms with Gasteiger partial charge in [0.25, 0.3) is 0 Å². The van der Waals surface area contributed by atoms with Crippen LogP contribution in [0, 0.1) is 0 Å². The number of benzene rings is 1. The second kappa shape index (κ2) is 14.6. The Hall–Kier alpha value is -1.39. The molecule has 0 saturated carbocycles. The van der Waals surface area contributed by atoms with Crippen molar-refractivity contribution in [3.8, 4) is 11.4 Å². The van der Waals surface area contributed by atoms with E-state index >= 15 is 0 Å². The number of hydrogen-bond donors (Lipinski definition) is 0. The summed E-state index contributed by atoms with van der Waals surface area (Å²) >= 11 is 0. The van der Waals surface area contributed by atoms with Crippen molar-refractivity contribution in [1.29, 1.82) is 0 Å². The van der Waals surface area contributed by atoms with Crippen LogP contribution in [0.15, 0.2) is 28.8 Å². The SMILES string of the molecule is CCCCCCCCCCc1ccc(-c2noc(CCCN3CCCC3)n2)cc1.Cl. The minimum Gasteiger partial charge on any atom is -0.339 e. The highest BCUT2D eigenvalue weighted by molar-refractivity contribution is 5.85. The Morgan fingerprint density at radius 2 is 1.50 bits per heavy atom. The highest BCUT2D eigenvalue weighted by atomic mass is 35.5. The summed E-state index contributed by atoms with van der Waals surface area (Å²) in [5.74, 6) is 1.49. The monoisotopic (exact) mass is 433 g/mol. The fourth-order valence-electron chi connectivity index (χ4n) is 4.22. The van der Waals surface area contributed by atoms with Crippen LogP contribution in [0.1, 0.15) is 89.0 Å². The largest absolute Gasteiger partial charge is 0.339 e. The van der Waals surface area contributed by atoms with Crippen LogP contribution in [-0.2, 0) is 12.8 Å². The zero-order chi connectivity index (χ0) is 20.2. The third kappa shape index (κ3) is 8.77. The van der Waals surface area contributed by atoms with Gasteiger partial charge in [-0.1, -0.05) is 81.3 Å². The van der Waals surface area contributed by atoms with Crippen LogP contribution in [0.2, 0.25) is 0 Å². The lowest BCUT2D eigenvalue weighted by molar-refractivity contribution is 0.319. The Labute approximate surface area is 189 Å². The Kier molecular flexibility index (Phi) is 12.1. The van der Waals surface area contributed by atoms with E-state index in [9.17, 15) is 0 Å². The molecule has 30 heavy (non-hydrogen) atoms. The average molecular weight is 434 g/mol. The minimum atomic E-state index is 0. The first kappa shape index (κ1) is 24.9. The summed E-state index contributed by atoms with van der Waals surface area (Å²) in [5, 5.41) is 4.18. The first-order valence-electron chi connectivity index (χ1n) is 12.0. The highest BCUT2D eigenvalue weighted by Gasteiger charge is 2.12. The number of hydrogen-bond acceptors (Lipinski definition) is 4. The summed E-state index contributed by atoms with van der Waals surface area (Å²) in [6.07, 6.45) is 16.8. The first-order chi connectivity index (χ1) is 14.3. The summed E-state index contributed by atoms with van der Waals surface area (Å²) in [5.41, 5.74) is 2.47. The van der Waals surface area contributed by atoms with E-state index in [-0.39, 0.29) is 12.4 Å². The molecule has 1 aromatic heterocycles. The standard InChI is InChI=1S/C25H39N3O.ClH/c1-2-3-4-5-6-7-8-9-13-22-15-17-23(18-16-22)25-26-24(29-27-25)14-12-21-28-19-10-11-20-28;/h15-18H,2-14,19-21H2,1H3;1H. The van der Waals surface area contributed by atoms with Gasteiger partial charge in [-0.05, 0) is 57.3 Å². The van der Waals surface area contributed by atoms with Crippen LogP contribution in [0.5, 0.6) is 0 Å². The van der Waals surface area contributed by atoms with Gasteiger partial charge in [0.15, 0.2) is 0 Å². The van der Waals surface area contributed by atoms with Crippen LogP contribution >= 0.6 is 12.4 Å². The van der Waals surface area contributed by atoms with Crippen molar-refractivity contribution >= 4 is 12.4 Å². The molecule has 0 N–H and O–H groups in total. The second-order valence-corrected chi connectivity index (χ2v) is 8.59. The van der Waals surface area contributed by atoms with Gasteiger partial charge in [-0.25, -0.2) is 0 Å². The van der Waals surface area contributed by atoms with Crippen LogP contribution in [0.3, 0.4) is 0 Å². The predicted octanol–water partition coefficient (Wildman–Crippen LogP) is 6.87. The van der Waals surface area contributed by atoms with Crippen molar-refractivity contribution < 1.29 is 4.52 Å². The molecule has 0 unspecified atom stereocenters. The maximum absolute atomic E-state index is 5.46. The van der Waals surface area contributed by atoms with Gasteiger partial charge in [-0.15, -0.1) is 12.4 Å². The predicted molar refractivity (Wildman–Crippen MR) is 127 cm³/mol. The van der Waals surface area contributed by atoms with E-state index in [1.165, 1.54) is 89.3 Å². The molecule has 2 aromatic rings. The van der Waals surface area contributed by atoms with Crippen molar-refractivity contribution in [3.63, 3.8) is 0 Å². The van der Waals surface area contributed by atoms with Gasteiger partial charge in [0.2, 0.25) is 11.7 Å². The number of aromatic nitrogens is 2. The van der Waals surface area contributed by atoms with E-state index in [2.05, 4.69) is 46.2 Å². The molecule has 0 radical (unpaired) electrons. The molecule has 0 spiro atoms. The zero-order valence-electron chi connectivity index (χ0n) is 18.8. The quantitative estimate of drug-likeness (QED) is 0.305. The maximum atomic E-state index is 5.46. The molecule has 0 atom stereocenters. The Morgan fingerprint density at radius 1 is 0.833 bits per heavy atom. The van der Waals surface area contributed by atoms with Crippen molar-refractivity contribution in [3.05, 3.63) is 35.7 Å². The number of unbranched alkanes of at least 4 members (excludes halogenated alkanes) is 7. The molecule has 5 heteroatoms. The molecule has 1 fully saturated rings. The van der Waals surface area contributed by atoms with E-state index in [1.54, 1.807) is 0 Å². The molecule has 1 aliphatic heterocycles. The Bertz CT molecular complexity index is 680. The highest BCUT2D eigenvalue weighted by Crippen LogP contribution is 2.19. The average Bonchev–Trinajstić information content (AvgIpc) is 3.43. The van der Waals surface area contributed by atoms with Gasteiger partial charge < -0.3 is 9.42 Å². The lowest BCUT2D eigenvalue weighted by Gasteiger charge is -2.12. The van der Waals surface area contributed by atoms with Gasteiger partial charge in [-0.2, -0.15) is 4.98 Å². The van der Waals surface area contributed by atoms with Crippen LogP contribution in [0.4, 0.5) is 0 Å². The molecule has 2 heterocycles. The third-order valence-corrected chi connectivity index (χ3v) is 6.06. The summed E-state index contributed by atoms with van der Waals surface area (Å²) in [6, 6.07) is 8.72. The first-order valence-corrected chi connectivity index (χ1v) is 12.0. The lowest BCUT2D eigenvalue weighted by Crippen LogP contribution is -2.20. The van der Waals surface area contributed by atoms with Crippen molar-refractivity contribution in [1.82, 2.24) is 15.0 Å². The summed E-state index contributed by atoms with van der Waals surface area (Å²) < 4.78 is 5.46. The minimum absolute atomic E-state index is 0. The van der Waals surface area contributed by atoms with Gasteiger partial charge in [0, 0.05) is 12.0 Å². The van der Waals surface area contributed by atoms with Crippen LogP contribution in [0.25, 0.3) is 11.4 Å². The van der Waals surface area contributed by atoms with Gasteiger partial charge in [0.05, 0.1) is 0 Å². The van der Waals surface area contributed by atoms with Crippen molar-refractivity contribution in [2.24, 2.45) is 0 Å². The normalized spacial score (nSPS) is 14.2. The number of nitrogens with zero attached hydrogens (tertiary/aromatic N) is 3. The summed E-state index contributed by atoms with van der Waals surface area (Å²) in [4.78, 5) is 7.13. The lowest BCUT2D eigenvalue weighted by atomic mass is 10.0. The van der Waals surface area contributed by atoms with E-state index in [4.69, 9.17) is 4.52 Å². The van der Waals surface area contributed by atoms with Gasteiger partial charge >= 0.3 is 0 Å². The van der Waals surface area contributed by atoms with E-state index < -0.39 is 0 Å². The zero-order valence-corrected chi connectivity index (χ0v) is 19.6. The number of likely N-dealkylation sites (tertiary alicyclic amines) is 1. The molecule has 0 amide bonds. The van der Waals surface area contributed by atoms with E-state index in [0.29, 0.717) is 0 Å². The van der Waals surface area contributed by atoms with Crippen LogP contribution < -0.4 is 0 Å². The van der Waals surface area contributed by atoms with Gasteiger partial charge in [0.1, 0.15) is 0 Å². The van der Waals surface area contributed by atoms with Gasteiger partial charge in [-0.3, -0.25) is 0 Å². The molecule has 0 aliphatic carbocycles. The fourth-order valence-corrected chi connectivity index (χ4v) is 4.22. The van der Waals surface area contributed by atoms with Crippen molar-refractivity contribution in [2.75, 3.05) is 19.6 Å². The van der Waals surface area contributed by atoms with Crippen molar-refractivity contribution in [2.45, 2.75) is 90.4 Å².